The Morgan fingerprint density at radius 2 is 1.82 bits per heavy atom. The lowest BCUT2D eigenvalue weighted by Crippen LogP contribution is -2.41. The molecule has 1 aliphatic rings. The maximum absolute atomic E-state index is 13.0. The van der Waals surface area contributed by atoms with Gasteiger partial charge in [0.15, 0.2) is 5.76 Å². The number of rotatable bonds is 6. The molecule has 3 heterocycles. The van der Waals surface area contributed by atoms with E-state index in [1.54, 1.807) is 32.2 Å². The summed E-state index contributed by atoms with van der Waals surface area (Å²) < 4.78 is 38.1. The molecule has 0 aliphatic carbocycles. The zero-order valence-corrected chi connectivity index (χ0v) is 20.5. The van der Waals surface area contributed by atoms with Gasteiger partial charge in [-0.25, -0.2) is 13.4 Å². The number of carbonyl (C=O) groups excluding carboxylic acids is 1. The van der Waals surface area contributed by atoms with Gasteiger partial charge in [0.25, 0.3) is 0 Å². The van der Waals surface area contributed by atoms with Crippen molar-refractivity contribution in [3.8, 4) is 11.6 Å². The van der Waals surface area contributed by atoms with E-state index >= 15 is 0 Å². The highest BCUT2D eigenvalue weighted by atomic mass is 32.2. The molecule has 1 amide bonds. The highest BCUT2D eigenvalue weighted by Gasteiger charge is 2.35. The molecule has 0 saturated carbocycles. The number of ether oxygens (including phenoxy) is 1. The number of nitrogens with zero attached hydrogens (tertiary/aromatic N) is 3. The molecule has 0 spiro atoms. The van der Waals surface area contributed by atoms with Gasteiger partial charge in [-0.15, -0.1) is 0 Å². The molecular formula is C24H28N4O5S. The summed E-state index contributed by atoms with van der Waals surface area (Å²) in [5.41, 5.74) is 3.22. The Hall–Kier alpha value is -3.24. The summed E-state index contributed by atoms with van der Waals surface area (Å²) in [6.45, 7) is 7.76. The summed E-state index contributed by atoms with van der Waals surface area (Å²) in [4.78, 5) is 17.1. The van der Waals surface area contributed by atoms with E-state index in [0.717, 1.165) is 5.56 Å². The molecule has 4 rings (SSSR count). The SMILES string of the molecule is Cc1ccc(Oc2ccc(NC(=O)C3CCN(S(=O)(=O)c4c(C)noc4C)CC3)cn2)cc1C. The van der Waals surface area contributed by atoms with Gasteiger partial charge in [-0.2, -0.15) is 4.31 Å². The van der Waals surface area contributed by atoms with E-state index in [1.807, 2.05) is 32.0 Å². The van der Waals surface area contributed by atoms with Crippen LogP contribution in [-0.2, 0) is 14.8 Å². The number of piperidine rings is 1. The van der Waals surface area contributed by atoms with Crippen molar-refractivity contribution in [2.24, 2.45) is 5.92 Å². The second-order valence-corrected chi connectivity index (χ2v) is 10.4. The third kappa shape index (κ3) is 4.97. The third-order valence-electron chi connectivity index (χ3n) is 6.10. The van der Waals surface area contributed by atoms with Crippen LogP contribution in [0.25, 0.3) is 0 Å². The lowest BCUT2D eigenvalue weighted by Gasteiger charge is -2.30. The predicted octanol–water partition coefficient (Wildman–Crippen LogP) is 4.13. The molecule has 1 N–H and O–H groups in total. The standard InChI is InChI=1S/C24H28N4O5S/c1-15-5-7-21(13-16(15)2)32-22-8-6-20(14-25-22)26-24(29)19-9-11-28(12-10-19)34(30,31)23-17(3)27-33-18(23)4/h5-8,13-14,19H,9-12H2,1-4H3,(H,26,29). The summed E-state index contributed by atoms with van der Waals surface area (Å²) in [5, 5.41) is 6.61. The summed E-state index contributed by atoms with van der Waals surface area (Å²) in [6.07, 6.45) is 2.40. The largest absolute Gasteiger partial charge is 0.439 e. The monoisotopic (exact) mass is 484 g/mol. The van der Waals surface area contributed by atoms with E-state index in [4.69, 9.17) is 9.26 Å². The Balaban J connectivity index is 1.33. The first kappa shape index (κ1) is 23.9. The predicted molar refractivity (Wildman–Crippen MR) is 126 cm³/mol. The molecule has 2 aromatic heterocycles. The minimum atomic E-state index is -3.70. The highest BCUT2D eigenvalue weighted by Crippen LogP contribution is 2.28. The molecule has 0 unspecified atom stereocenters. The van der Waals surface area contributed by atoms with Gasteiger partial charge in [-0.1, -0.05) is 11.2 Å². The number of sulfonamides is 1. The van der Waals surface area contributed by atoms with Crippen molar-refractivity contribution >= 4 is 21.6 Å². The van der Waals surface area contributed by atoms with Crippen molar-refractivity contribution in [1.29, 1.82) is 0 Å². The van der Waals surface area contributed by atoms with Gasteiger partial charge in [0.05, 0.1) is 11.9 Å². The average Bonchev–Trinajstić information content (AvgIpc) is 3.16. The summed E-state index contributed by atoms with van der Waals surface area (Å²) in [5.74, 6) is 0.959. The van der Waals surface area contributed by atoms with Crippen molar-refractivity contribution in [3.63, 3.8) is 0 Å². The highest BCUT2D eigenvalue weighted by molar-refractivity contribution is 7.89. The number of hydrogen-bond acceptors (Lipinski definition) is 7. The molecular weight excluding hydrogens is 456 g/mol. The molecule has 0 bridgehead atoms. The number of pyridine rings is 1. The fourth-order valence-corrected chi connectivity index (χ4v) is 5.75. The molecule has 9 nitrogen and oxygen atoms in total. The average molecular weight is 485 g/mol. The van der Waals surface area contributed by atoms with E-state index in [1.165, 1.54) is 9.87 Å². The van der Waals surface area contributed by atoms with Crippen LogP contribution >= 0.6 is 0 Å². The summed E-state index contributed by atoms with van der Waals surface area (Å²) >= 11 is 0. The lowest BCUT2D eigenvalue weighted by atomic mass is 9.97. The van der Waals surface area contributed by atoms with E-state index in [0.29, 0.717) is 35.9 Å². The Bertz CT molecular complexity index is 1270. The van der Waals surface area contributed by atoms with Crippen molar-refractivity contribution < 1.29 is 22.5 Å². The number of nitrogens with one attached hydrogen (secondary N) is 1. The molecule has 1 fully saturated rings. The van der Waals surface area contributed by atoms with Gasteiger partial charge in [0, 0.05) is 25.1 Å². The number of benzene rings is 1. The van der Waals surface area contributed by atoms with Crippen LogP contribution in [0.5, 0.6) is 11.6 Å². The van der Waals surface area contributed by atoms with Gasteiger partial charge in [0.1, 0.15) is 16.3 Å². The molecule has 34 heavy (non-hydrogen) atoms. The minimum Gasteiger partial charge on any atom is -0.439 e. The number of carbonyl (C=O) groups is 1. The van der Waals surface area contributed by atoms with Crippen LogP contribution in [0.4, 0.5) is 5.69 Å². The van der Waals surface area contributed by atoms with E-state index in [-0.39, 0.29) is 35.6 Å². The molecule has 3 aromatic rings. The maximum Gasteiger partial charge on any atom is 0.248 e. The first-order valence-corrected chi connectivity index (χ1v) is 12.5. The fourth-order valence-electron chi connectivity index (χ4n) is 3.99. The Labute approximate surface area is 199 Å². The molecule has 1 aromatic carbocycles. The van der Waals surface area contributed by atoms with Crippen LogP contribution in [-0.4, -0.2) is 41.9 Å². The van der Waals surface area contributed by atoms with Crippen LogP contribution in [0.15, 0.2) is 45.9 Å². The molecule has 0 radical (unpaired) electrons. The maximum atomic E-state index is 13.0. The van der Waals surface area contributed by atoms with Crippen LogP contribution < -0.4 is 10.1 Å². The second-order valence-electron chi connectivity index (χ2n) is 8.55. The van der Waals surface area contributed by atoms with Crippen LogP contribution in [0, 0.1) is 33.6 Å². The zero-order valence-electron chi connectivity index (χ0n) is 19.7. The Morgan fingerprint density at radius 1 is 1.09 bits per heavy atom. The molecule has 0 atom stereocenters. The van der Waals surface area contributed by atoms with Crippen LogP contribution in [0.3, 0.4) is 0 Å². The van der Waals surface area contributed by atoms with Crippen molar-refractivity contribution in [3.05, 3.63) is 59.1 Å². The topological polar surface area (TPSA) is 115 Å². The third-order valence-corrected chi connectivity index (χ3v) is 8.24. The first-order valence-electron chi connectivity index (χ1n) is 11.1. The number of amides is 1. The van der Waals surface area contributed by atoms with Gasteiger partial charge in [0.2, 0.25) is 21.8 Å². The number of aryl methyl sites for hydroxylation is 4. The van der Waals surface area contributed by atoms with Gasteiger partial charge >= 0.3 is 0 Å². The van der Waals surface area contributed by atoms with Gasteiger partial charge in [-0.3, -0.25) is 4.79 Å². The second kappa shape index (κ2) is 9.55. The van der Waals surface area contributed by atoms with Gasteiger partial charge < -0.3 is 14.6 Å². The van der Waals surface area contributed by atoms with Crippen molar-refractivity contribution in [2.45, 2.75) is 45.4 Å². The molecule has 180 valence electrons. The normalized spacial score (nSPS) is 15.3. The molecule has 1 aliphatic heterocycles. The molecule has 1 saturated heterocycles. The zero-order chi connectivity index (χ0) is 24.5. The summed E-state index contributed by atoms with van der Waals surface area (Å²) in [7, 11) is -3.70. The molecule has 10 heteroatoms. The lowest BCUT2D eigenvalue weighted by molar-refractivity contribution is -0.120. The quantitative estimate of drug-likeness (QED) is 0.559. The van der Waals surface area contributed by atoms with Crippen molar-refractivity contribution in [2.75, 3.05) is 18.4 Å². The minimum absolute atomic E-state index is 0.115. The number of anilines is 1. The van der Waals surface area contributed by atoms with Gasteiger partial charge in [-0.05, 0) is 69.9 Å². The first-order chi connectivity index (χ1) is 16.1. The van der Waals surface area contributed by atoms with E-state index < -0.39 is 10.0 Å². The summed E-state index contributed by atoms with van der Waals surface area (Å²) in [6, 6.07) is 9.26. The Morgan fingerprint density at radius 3 is 2.41 bits per heavy atom. The fraction of sp³-hybridized carbons (Fsp3) is 0.375. The van der Waals surface area contributed by atoms with E-state index in [9.17, 15) is 13.2 Å². The number of aromatic nitrogens is 2. The van der Waals surface area contributed by atoms with Crippen molar-refractivity contribution in [1.82, 2.24) is 14.4 Å². The van der Waals surface area contributed by atoms with E-state index in [2.05, 4.69) is 15.5 Å². The smallest absolute Gasteiger partial charge is 0.248 e. The van der Waals surface area contributed by atoms with Crippen LogP contribution in [0.2, 0.25) is 0 Å². The Kier molecular flexibility index (Phi) is 6.72. The van der Waals surface area contributed by atoms with Crippen LogP contribution in [0.1, 0.15) is 35.4 Å². The number of hydrogen-bond donors (Lipinski definition) is 1.